The Hall–Kier alpha value is -1.65. The van der Waals surface area contributed by atoms with Crippen molar-refractivity contribution in [1.29, 1.82) is 0 Å². The van der Waals surface area contributed by atoms with Crippen molar-refractivity contribution in [2.45, 2.75) is 18.4 Å². The molecule has 0 N–H and O–H groups in total. The van der Waals surface area contributed by atoms with Crippen LogP contribution in [0.4, 0.5) is 0 Å². The van der Waals surface area contributed by atoms with Crippen molar-refractivity contribution in [3.05, 3.63) is 34.9 Å². The van der Waals surface area contributed by atoms with Crippen LogP contribution in [0.3, 0.4) is 0 Å². The van der Waals surface area contributed by atoms with Gasteiger partial charge in [0, 0.05) is 11.3 Å². The second kappa shape index (κ2) is 3.73. The molecule has 0 spiro atoms. The minimum atomic E-state index is -1.55. The largest absolute Gasteiger partial charge is 0.456 e. The zero-order chi connectivity index (χ0) is 11.8. The number of nitro groups is 1. The average molecular weight is 223 g/mol. The van der Waals surface area contributed by atoms with Crippen LogP contribution in [0.2, 0.25) is 0 Å². The molecule has 0 saturated heterocycles. The summed E-state index contributed by atoms with van der Waals surface area (Å²) in [4.78, 5) is 22.5. The second-order valence-corrected chi connectivity index (χ2v) is 4.26. The molecule has 0 amide bonds. The molecule has 0 aromatic rings. The standard InChI is InChI=1S/C11H13NO4/c1-2-5-16-10(13)11(12(14)15)7-8-3-4-9(11)6-8/h2-4,8-9H,1,5-7H2/t8-,9+,11-/m0/s1. The normalized spacial score (nSPS) is 35.0. The van der Waals surface area contributed by atoms with Crippen molar-refractivity contribution in [1.82, 2.24) is 0 Å². The van der Waals surface area contributed by atoms with Gasteiger partial charge in [-0.05, 0) is 12.3 Å². The van der Waals surface area contributed by atoms with Gasteiger partial charge in [-0.25, -0.2) is 4.79 Å². The molecular weight excluding hydrogens is 210 g/mol. The zero-order valence-electron chi connectivity index (χ0n) is 8.80. The lowest BCUT2D eigenvalue weighted by Crippen LogP contribution is -2.50. The lowest BCUT2D eigenvalue weighted by molar-refractivity contribution is -0.560. The van der Waals surface area contributed by atoms with E-state index in [9.17, 15) is 14.9 Å². The number of nitrogens with zero attached hydrogens (tertiary/aromatic N) is 1. The minimum Gasteiger partial charge on any atom is -0.456 e. The number of carbonyl (C=O) groups excluding carboxylic acids is 1. The van der Waals surface area contributed by atoms with Crippen LogP contribution in [-0.4, -0.2) is 23.0 Å². The quantitative estimate of drug-likeness (QED) is 0.312. The fraction of sp³-hybridized carbons (Fsp3) is 0.545. The van der Waals surface area contributed by atoms with Gasteiger partial charge in [0.15, 0.2) is 0 Å². The van der Waals surface area contributed by atoms with E-state index in [4.69, 9.17) is 4.74 Å². The molecule has 3 atom stereocenters. The van der Waals surface area contributed by atoms with Gasteiger partial charge in [0.2, 0.25) is 0 Å². The van der Waals surface area contributed by atoms with E-state index >= 15 is 0 Å². The molecule has 2 aliphatic carbocycles. The zero-order valence-corrected chi connectivity index (χ0v) is 8.80. The molecule has 5 nitrogen and oxygen atoms in total. The molecule has 86 valence electrons. The highest BCUT2D eigenvalue weighted by atomic mass is 16.6. The van der Waals surface area contributed by atoms with Gasteiger partial charge in [0.05, 0.1) is 5.92 Å². The van der Waals surface area contributed by atoms with Gasteiger partial charge in [-0.15, -0.1) is 0 Å². The Morgan fingerprint density at radius 1 is 1.69 bits per heavy atom. The van der Waals surface area contributed by atoms with E-state index in [0.717, 1.165) is 0 Å². The highest BCUT2D eigenvalue weighted by molar-refractivity contribution is 5.81. The fourth-order valence-electron chi connectivity index (χ4n) is 2.61. The smallest absolute Gasteiger partial charge is 0.385 e. The summed E-state index contributed by atoms with van der Waals surface area (Å²) in [5.41, 5.74) is -1.55. The third-order valence-electron chi connectivity index (χ3n) is 3.37. The van der Waals surface area contributed by atoms with Gasteiger partial charge >= 0.3 is 11.5 Å². The van der Waals surface area contributed by atoms with Crippen LogP contribution in [0, 0.1) is 22.0 Å². The topological polar surface area (TPSA) is 69.4 Å². The van der Waals surface area contributed by atoms with Crippen LogP contribution < -0.4 is 0 Å². The number of hydrogen-bond acceptors (Lipinski definition) is 4. The van der Waals surface area contributed by atoms with E-state index < -0.39 is 16.4 Å². The summed E-state index contributed by atoms with van der Waals surface area (Å²) in [7, 11) is 0. The third kappa shape index (κ3) is 1.35. The van der Waals surface area contributed by atoms with Crippen molar-refractivity contribution in [3.63, 3.8) is 0 Å². The molecule has 0 aromatic heterocycles. The Bertz CT molecular complexity index is 376. The first kappa shape index (κ1) is 10.9. The summed E-state index contributed by atoms with van der Waals surface area (Å²) < 4.78 is 4.86. The molecular formula is C11H13NO4. The molecule has 2 rings (SSSR count). The summed E-state index contributed by atoms with van der Waals surface area (Å²) in [6, 6.07) is 0. The minimum absolute atomic E-state index is 0.0233. The highest BCUT2D eigenvalue weighted by Gasteiger charge is 2.64. The van der Waals surface area contributed by atoms with Crippen molar-refractivity contribution < 1.29 is 14.5 Å². The van der Waals surface area contributed by atoms with Crippen LogP contribution >= 0.6 is 0 Å². The van der Waals surface area contributed by atoms with Gasteiger partial charge < -0.3 is 4.74 Å². The predicted molar refractivity (Wildman–Crippen MR) is 56.2 cm³/mol. The van der Waals surface area contributed by atoms with E-state index in [0.29, 0.717) is 6.42 Å². The van der Waals surface area contributed by atoms with E-state index in [-0.39, 0.29) is 24.9 Å². The second-order valence-electron chi connectivity index (χ2n) is 4.26. The van der Waals surface area contributed by atoms with Crippen molar-refractivity contribution in [2.24, 2.45) is 11.8 Å². The summed E-state index contributed by atoms with van der Waals surface area (Å²) in [5.74, 6) is -0.897. The van der Waals surface area contributed by atoms with E-state index in [1.165, 1.54) is 6.08 Å². The number of ether oxygens (including phenoxy) is 1. The van der Waals surface area contributed by atoms with Gasteiger partial charge in [-0.1, -0.05) is 24.8 Å². The van der Waals surface area contributed by atoms with Crippen molar-refractivity contribution >= 4 is 5.97 Å². The number of carbonyl (C=O) groups is 1. The lowest BCUT2D eigenvalue weighted by Gasteiger charge is -2.24. The third-order valence-corrected chi connectivity index (χ3v) is 3.37. The summed E-state index contributed by atoms with van der Waals surface area (Å²) in [5, 5.41) is 11.2. The average Bonchev–Trinajstić information content (AvgIpc) is 2.85. The molecule has 0 heterocycles. The number of allylic oxidation sites excluding steroid dienone is 1. The number of rotatable bonds is 4. The Morgan fingerprint density at radius 2 is 2.44 bits per heavy atom. The van der Waals surface area contributed by atoms with Crippen LogP contribution in [0.25, 0.3) is 0 Å². The number of hydrogen-bond donors (Lipinski definition) is 0. The molecule has 16 heavy (non-hydrogen) atoms. The monoisotopic (exact) mass is 223 g/mol. The first-order valence-corrected chi connectivity index (χ1v) is 5.22. The number of esters is 1. The van der Waals surface area contributed by atoms with Gasteiger partial charge in [-0.3, -0.25) is 10.1 Å². The first-order valence-electron chi connectivity index (χ1n) is 5.22. The maximum atomic E-state index is 11.8. The van der Waals surface area contributed by atoms with Gasteiger partial charge in [0.25, 0.3) is 0 Å². The maximum absolute atomic E-state index is 11.8. The number of fused-ring (bicyclic) bond motifs is 2. The van der Waals surface area contributed by atoms with Crippen LogP contribution in [0.1, 0.15) is 12.8 Å². The van der Waals surface area contributed by atoms with E-state index in [2.05, 4.69) is 6.58 Å². The maximum Gasteiger partial charge on any atom is 0.385 e. The van der Waals surface area contributed by atoms with Crippen LogP contribution in [-0.2, 0) is 9.53 Å². The summed E-state index contributed by atoms with van der Waals surface area (Å²) in [6.07, 6.45) is 6.08. The summed E-state index contributed by atoms with van der Waals surface area (Å²) >= 11 is 0. The molecule has 0 radical (unpaired) electrons. The van der Waals surface area contributed by atoms with E-state index in [1.807, 2.05) is 6.08 Å². The first-order chi connectivity index (χ1) is 7.61. The SMILES string of the molecule is C=CCOC(=O)[C@]1([N+](=O)[O-])C[C@H]2C=C[C@@H]1C2. The molecule has 1 fully saturated rings. The molecule has 5 heteroatoms. The van der Waals surface area contributed by atoms with Crippen LogP contribution in [0.5, 0.6) is 0 Å². The molecule has 2 aliphatic rings. The molecule has 0 aromatic carbocycles. The Morgan fingerprint density at radius 3 is 2.88 bits per heavy atom. The predicted octanol–water partition coefficient (Wildman–Crippen LogP) is 1.33. The van der Waals surface area contributed by atoms with Crippen molar-refractivity contribution in [2.75, 3.05) is 6.61 Å². The highest BCUT2D eigenvalue weighted by Crippen LogP contribution is 2.48. The molecule has 0 aliphatic heterocycles. The van der Waals surface area contributed by atoms with Crippen molar-refractivity contribution in [3.8, 4) is 0 Å². The Kier molecular flexibility index (Phi) is 2.53. The lowest BCUT2D eigenvalue weighted by atomic mass is 9.85. The fourth-order valence-corrected chi connectivity index (χ4v) is 2.61. The molecule has 0 unspecified atom stereocenters. The molecule has 2 bridgehead atoms. The van der Waals surface area contributed by atoms with E-state index in [1.54, 1.807) is 6.08 Å². The Balaban J connectivity index is 2.24. The van der Waals surface area contributed by atoms with Gasteiger partial charge in [-0.2, -0.15) is 0 Å². The molecule has 1 saturated carbocycles. The Labute approximate surface area is 92.9 Å². The van der Waals surface area contributed by atoms with Crippen LogP contribution in [0.15, 0.2) is 24.8 Å². The van der Waals surface area contributed by atoms with Gasteiger partial charge in [0.1, 0.15) is 6.61 Å². The summed E-state index contributed by atoms with van der Waals surface area (Å²) in [6.45, 7) is 3.44.